The Labute approximate surface area is 133 Å². The van der Waals surface area contributed by atoms with Crippen LogP contribution in [0, 0.1) is 0 Å². The predicted octanol–water partition coefficient (Wildman–Crippen LogP) is 4.91. The first-order chi connectivity index (χ1) is 10.1. The van der Waals surface area contributed by atoms with Gasteiger partial charge in [0.15, 0.2) is 11.5 Å². The molecule has 110 valence electrons. The monoisotopic (exact) mass is 347 g/mol. The van der Waals surface area contributed by atoms with Crippen LogP contribution in [0.25, 0.3) is 0 Å². The standard InChI is InChI=1S/C17H18BrNO2/c1-11(2)13-4-3-5-14(8-13)19-9-12-6-15(18)17-16(7-12)20-10-21-17/h3-8,11,19H,9-10H2,1-2H3. The van der Waals surface area contributed by atoms with Crippen molar-refractivity contribution in [3.63, 3.8) is 0 Å². The second-order valence-electron chi connectivity index (χ2n) is 5.45. The summed E-state index contributed by atoms with van der Waals surface area (Å²) in [4.78, 5) is 0. The molecule has 4 heteroatoms. The van der Waals surface area contributed by atoms with Gasteiger partial charge in [0.2, 0.25) is 6.79 Å². The van der Waals surface area contributed by atoms with Gasteiger partial charge in [0.1, 0.15) is 0 Å². The summed E-state index contributed by atoms with van der Waals surface area (Å²) in [6.45, 7) is 5.44. The van der Waals surface area contributed by atoms with Gasteiger partial charge in [0, 0.05) is 12.2 Å². The number of halogens is 1. The summed E-state index contributed by atoms with van der Waals surface area (Å²) in [5.74, 6) is 2.13. The van der Waals surface area contributed by atoms with Crippen molar-refractivity contribution in [1.29, 1.82) is 0 Å². The number of ether oxygens (including phenoxy) is 2. The van der Waals surface area contributed by atoms with Crippen LogP contribution in [0.5, 0.6) is 11.5 Å². The minimum Gasteiger partial charge on any atom is -0.454 e. The Kier molecular flexibility index (Phi) is 4.06. The number of hydrogen-bond donors (Lipinski definition) is 1. The van der Waals surface area contributed by atoms with Gasteiger partial charge in [0.05, 0.1) is 4.47 Å². The molecule has 0 aromatic heterocycles. The average molecular weight is 348 g/mol. The molecule has 3 nitrogen and oxygen atoms in total. The van der Waals surface area contributed by atoms with Crippen molar-refractivity contribution in [2.24, 2.45) is 0 Å². The second kappa shape index (κ2) is 5.98. The summed E-state index contributed by atoms with van der Waals surface area (Å²) in [7, 11) is 0. The van der Waals surface area contributed by atoms with Crippen LogP contribution >= 0.6 is 15.9 Å². The molecule has 0 aliphatic carbocycles. The fourth-order valence-electron chi connectivity index (χ4n) is 2.33. The lowest BCUT2D eigenvalue weighted by atomic mass is 10.0. The molecule has 0 atom stereocenters. The Balaban J connectivity index is 1.73. The summed E-state index contributed by atoms with van der Waals surface area (Å²) in [5.41, 5.74) is 3.63. The van der Waals surface area contributed by atoms with Gasteiger partial charge in [-0.05, 0) is 57.2 Å². The fraction of sp³-hybridized carbons (Fsp3) is 0.294. The van der Waals surface area contributed by atoms with E-state index in [1.807, 2.05) is 6.07 Å². The Morgan fingerprint density at radius 2 is 2.05 bits per heavy atom. The molecule has 1 N–H and O–H groups in total. The predicted molar refractivity (Wildman–Crippen MR) is 88.1 cm³/mol. The normalized spacial score (nSPS) is 12.8. The van der Waals surface area contributed by atoms with Crippen molar-refractivity contribution < 1.29 is 9.47 Å². The van der Waals surface area contributed by atoms with Crippen LogP contribution in [0.15, 0.2) is 40.9 Å². The first-order valence-electron chi connectivity index (χ1n) is 7.05. The number of rotatable bonds is 4. The third-order valence-electron chi connectivity index (χ3n) is 3.54. The molecule has 3 rings (SSSR count). The van der Waals surface area contributed by atoms with E-state index in [1.54, 1.807) is 0 Å². The Bertz CT molecular complexity index is 655. The Morgan fingerprint density at radius 3 is 2.86 bits per heavy atom. The molecule has 0 unspecified atom stereocenters. The van der Waals surface area contributed by atoms with Gasteiger partial charge in [-0.15, -0.1) is 0 Å². The lowest BCUT2D eigenvalue weighted by molar-refractivity contribution is 0.173. The van der Waals surface area contributed by atoms with E-state index in [9.17, 15) is 0 Å². The summed E-state index contributed by atoms with van der Waals surface area (Å²) >= 11 is 3.52. The van der Waals surface area contributed by atoms with Gasteiger partial charge in [0.25, 0.3) is 0 Å². The quantitative estimate of drug-likeness (QED) is 0.851. The van der Waals surface area contributed by atoms with E-state index < -0.39 is 0 Å². The number of hydrogen-bond acceptors (Lipinski definition) is 3. The number of fused-ring (bicyclic) bond motifs is 1. The second-order valence-corrected chi connectivity index (χ2v) is 6.30. The Morgan fingerprint density at radius 1 is 1.19 bits per heavy atom. The van der Waals surface area contributed by atoms with Crippen LogP contribution in [0.2, 0.25) is 0 Å². The minimum absolute atomic E-state index is 0.293. The third kappa shape index (κ3) is 3.16. The van der Waals surface area contributed by atoms with E-state index in [4.69, 9.17) is 9.47 Å². The first-order valence-corrected chi connectivity index (χ1v) is 7.84. The molecule has 0 spiro atoms. The van der Waals surface area contributed by atoms with E-state index in [0.29, 0.717) is 12.7 Å². The zero-order valence-electron chi connectivity index (χ0n) is 12.2. The van der Waals surface area contributed by atoms with Gasteiger partial charge < -0.3 is 14.8 Å². The van der Waals surface area contributed by atoms with Gasteiger partial charge >= 0.3 is 0 Å². The van der Waals surface area contributed by atoms with E-state index in [1.165, 1.54) is 5.56 Å². The molecule has 2 aromatic carbocycles. The zero-order chi connectivity index (χ0) is 14.8. The van der Waals surface area contributed by atoms with Crippen LogP contribution in [0.1, 0.15) is 30.9 Å². The average Bonchev–Trinajstić information content (AvgIpc) is 2.94. The summed E-state index contributed by atoms with van der Waals surface area (Å²) in [6, 6.07) is 12.6. The topological polar surface area (TPSA) is 30.5 Å². The molecule has 0 radical (unpaired) electrons. The summed E-state index contributed by atoms with van der Waals surface area (Å²) < 4.78 is 11.8. The van der Waals surface area contributed by atoms with E-state index in [-0.39, 0.29) is 0 Å². The van der Waals surface area contributed by atoms with Crippen LogP contribution < -0.4 is 14.8 Å². The maximum atomic E-state index is 5.44. The molecule has 2 aromatic rings. The minimum atomic E-state index is 0.293. The maximum absolute atomic E-state index is 5.44. The molecular weight excluding hydrogens is 330 g/mol. The fourth-order valence-corrected chi connectivity index (χ4v) is 2.94. The first kappa shape index (κ1) is 14.3. The van der Waals surface area contributed by atoms with E-state index in [0.717, 1.165) is 33.8 Å². The molecule has 1 aliphatic heterocycles. The van der Waals surface area contributed by atoms with Crippen molar-refractivity contribution in [3.05, 3.63) is 52.0 Å². The number of anilines is 1. The molecule has 0 saturated heterocycles. The van der Waals surface area contributed by atoms with Crippen LogP contribution in [-0.4, -0.2) is 6.79 Å². The Hall–Kier alpha value is -1.68. The van der Waals surface area contributed by atoms with Crippen LogP contribution in [0.3, 0.4) is 0 Å². The van der Waals surface area contributed by atoms with Crippen molar-refractivity contribution in [2.75, 3.05) is 12.1 Å². The molecular formula is C17H18BrNO2. The van der Waals surface area contributed by atoms with Gasteiger partial charge in [-0.3, -0.25) is 0 Å². The van der Waals surface area contributed by atoms with E-state index >= 15 is 0 Å². The highest BCUT2D eigenvalue weighted by Crippen LogP contribution is 2.40. The smallest absolute Gasteiger partial charge is 0.231 e. The van der Waals surface area contributed by atoms with Crippen molar-refractivity contribution in [3.8, 4) is 11.5 Å². The molecule has 1 heterocycles. The van der Waals surface area contributed by atoms with Crippen molar-refractivity contribution >= 4 is 21.6 Å². The summed E-state index contributed by atoms with van der Waals surface area (Å²) in [6.07, 6.45) is 0. The van der Waals surface area contributed by atoms with Crippen LogP contribution in [-0.2, 0) is 6.54 Å². The highest BCUT2D eigenvalue weighted by atomic mass is 79.9. The third-order valence-corrected chi connectivity index (χ3v) is 4.13. The highest BCUT2D eigenvalue weighted by Gasteiger charge is 2.17. The molecule has 21 heavy (non-hydrogen) atoms. The summed E-state index contributed by atoms with van der Waals surface area (Å²) in [5, 5.41) is 3.46. The van der Waals surface area contributed by atoms with Gasteiger partial charge in [-0.2, -0.15) is 0 Å². The lowest BCUT2D eigenvalue weighted by Gasteiger charge is -2.11. The van der Waals surface area contributed by atoms with Crippen LogP contribution in [0.4, 0.5) is 5.69 Å². The van der Waals surface area contributed by atoms with Crippen molar-refractivity contribution in [2.45, 2.75) is 26.3 Å². The largest absolute Gasteiger partial charge is 0.454 e. The van der Waals surface area contributed by atoms with Gasteiger partial charge in [-0.25, -0.2) is 0 Å². The van der Waals surface area contributed by atoms with Gasteiger partial charge in [-0.1, -0.05) is 26.0 Å². The molecule has 0 saturated carbocycles. The zero-order valence-corrected chi connectivity index (χ0v) is 13.7. The van der Waals surface area contributed by atoms with Crippen molar-refractivity contribution in [1.82, 2.24) is 0 Å². The number of benzene rings is 2. The molecule has 0 fully saturated rings. The molecule has 0 bridgehead atoms. The number of nitrogens with one attached hydrogen (secondary N) is 1. The SMILES string of the molecule is CC(C)c1cccc(NCc2cc(Br)c3c(c2)OCO3)c1. The highest BCUT2D eigenvalue weighted by molar-refractivity contribution is 9.10. The molecule has 1 aliphatic rings. The van der Waals surface area contributed by atoms with E-state index in [2.05, 4.69) is 65.4 Å². The maximum Gasteiger partial charge on any atom is 0.231 e. The lowest BCUT2D eigenvalue weighted by Crippen LogP contribution is -2.00. The molecule has 0 amide bonds.